The first kappa shape index (κ1) is 26.4. The van der Waals surface area contributed by atoms with E-state index in [4.69, 9.17) is 18.9 Å². The lowest BCUT2D eigenvalue weighted by Crippen LogP contribution is -2.62. The summed E-state index contributed by atoms with van der Waals surface area (Å²) in [6.45, 7) is 4.02. The lowest BCUT2D eigenvalue weighted by molar-refractivity contribution is -0.345. The van der Waals surface area contributed by atoms with Crippen LogP contribution in [0, 0.1) is 0 Å². The monoisotopic (exact) mass is 456 g/mol. The van der Waals surface area contributed by atoms with Gasteiger partial charge in [0.1, 0.15) is 54.9 Å². The number of carbonyl (C=O) groups is 1. The predicted octanol–water partition coefficient (Wildman–Crippen LogP) is -4.65. The van der Waals surface area contributed by atoms with Crippen molar-refractivity contribution in [3.63, 3.8) is 0 Å². The summed E-state index contributed by atoms with van der Waals surface area (Å²) in [5, 5.41) is 80.1. The van der Waals surface area contributed by atoms with E-state index in [9.17, 15) is 45.6 Å². The van der Waals surface area contributed by atoms with Gasteiger partial charge >= 0.3 is 0 Å². The van der Waals surface area contributed by atoms with E-state index < -0.39 is 85.8 Å². The van der Waals surface area contributed by atoms with E-state index in [2.05, 4.69) is 0 Å². The van der Waals surface area contributed by atoms with Gasteiger partial charge in [0.2, 0.25) is 0 Å². The van der Waals surface area contributed by atoms with Crippen molar-refractivity contribution in [2.45, 2.75) is 107 Å². The average Bonchev–Trinajstić information content (AvgIpc) is 2.73. The Kier molecular flexibility index (Phi) is 9.27. The minimum absolute atomic E-state index is 0.0761. The smallest absolute Gasteiger partial charge is 0.187 e. The Morgan fingerprint density at radius 3 is 1.45 bits per heavy atom. The Morgan fingerprint density at radius 2 is 1.10 bits per heavy atom. The molecule has 0 aromatic heterocycles. The van der Waals surface area contributed by atoms with Gasteiger partial charge < -0.3 is 64.6 Å². The van der Waals surface area contributed by atoms with Gasteiger partial charge in [0.05, 0.1) is 18.3 Å². The van der Waals surface area contributed by atoms with E-state index in [0.717, 1.165) is 0 Å². The van der Waals surface area contributed by atoms with Crippen molar-refractivity contribution in [1.82, 2.24) is 0 Å². The molecule has 0 aromatic carbocycles. The molecule has 0 saturated carbocycles. The minimum Gasteiger partial charge on any atom is -0.391 e. The average molecular weight is 456 g/mol. The summed E-state index contributed by atoms with van der Waals surface area (Å²) in [5.74, 6) is 0. The first-order valence-electron chi connectivity index (χ1n) is 9.92. The third-order valence-electron chi connectivity index (χ3n) is 5.47. The second kappa shape index (κ2) is 10.9. The fraction of sp³-hybridized carbons (Fsp3) is 0.944. The molecule has 31 heavy (non-hydrogen) atoms. The second-order valence-corrected chi connectivity index (χ2v) is 7.93. The number of hydrogen-bond acceptors (Lipinski definition) is 13. The van der Waals surface area contributed by atoms with E-state index >= 15 is 0 Å². The number of aldehydes is 1. The molecule has 2 aliphatic heterocycles. The van der Waals surface area contributed by atoms with Crippen LogP contribution >= 0.6 is 0 Å². The number of aliphatic hydroxyl groups excluding tert-OH is 8. The van der Waals surface area contributed by atoms with Crippen LogP contribution in [-0.2, 0) is 23.7 Å². The third-order valence-corrected chi connectivity index (χ3v) is 5.47. The van der Waals surface area contributed by atoms with Gasteiger partial charge in [-0.25, -0.2) is 0 Å². The fourth-order valence-electron chi connectivity index (χ4n) is 3.46. The molecule has 0 aliphatic carbocycles. The highest BCUT2D eigenvalue weighted by atomic mass is 16.7. The Morgan fingerprint density at radius 1 is 0.710 bits per heavy atom. The largest absolute Gasteiger partial charge is 0.391 e. The van der Waals surface area contributed by atoms with Gasteiger partial charge in [0.25, 0.3) is 0 Å². The SMILES string of the molecule is C[C@H](O)[C@H](O[C@@H]1O[C@@H](C)[C@H](O)[C@@H](O)[C@H]1O)[C@@H](O[C@@H]1O[C@@H](C)[C@H](O)[C@@H](O)[C@H]1O)[C@@H](O)C=O. The third kappa shape index (κ3) is 5.76. The number of carbonyl (C=O) groups excluding carboxylic acids is 1. The van der Waals surface area contributed by atoms with E-state index in [1.54, 1.807) is 0 Å². The van der Waals surface area contributed by atoms with Gasteiger partial charge in [-0.05, 0) is 20.8 Å². The van der Waals surface area contributed by atoms with Gasteiger partial charge in [0, 0.05) is 0 Å². The molecule has 0 spiro atoms. The molecule has 182 valence electrons. The summed E-state index contributed by atoms with van der Waals surface area (Å²) >= 11 is 0. The molecular formula is C18H32O13. The van der Waals surface area contributed by atoms with Crippen LogP contribution in [0.5, 0.6) is 0 Å². The van der Waals surface area contributed by atoms with Crippen LogP contribution in [0.25, 0.3) is 0 Å². The van der Waals surface area contributed by atoms with E-state index in [1.807, 2.05) is 0 Å². The molecule has 2 heterocycles. The van der Waals surface area contributed by atoms with Crippen LogP contribution in [0.15, 0.2) is 0 Å². The first-order valence-corrected chi connectivity index (χ1v) is 9.92. The van der Waals surface area contributed by atoms with Crippen molar-refractivity contribution < 1.29 is 64.6 Å². The van der Waals surface area contributed by atoms with Crippen molar-refractivity contribution in [1.29, 1.82) is 0 Å². The number of hydrogen-bond donors (Lipinski definition) is 8. The topological polar surface area (TPSA) is 216 Å². The highest BCUT2D eigenvalue weighted by molar-refractivity contribution is 5.56. The van der Waals surface area contributed by atoms with E-state index in [-0.39, 0.29) is 6.29 Å². The molecule has 2 rings (SSSR count). The summed E-state index contributed by atoms with van der Waals surface area (Å²) in [4.78, 5) is 11.3. The van der Waals surface area contributed by atoms with Crippen LogP contribution < -0.4 is 0 Å². The lowest BCUT2D eigenvalue weighted by Gasteiger charge is -2.44. The Hall–Kier alpha value is -0.810. The molecule has 0 amide bonds. The van der Waals surface area contributed by atoms with Gasteiger partial charge in [-0.2, -0.15) is 0 Å². The van der Waals surface area contributed by atoms with Crippen molar-refractivity contribution >= 4 is 6.29 Å². The van der Waals surface area contributed by atoms with Crippen molar-refractivity contribution in [3.8, 4) is 0 Å². The first-order chi connectivity index (χ1) is 14.4. The second-order valence-electron chi connectivity index (χ2n) is 7.93. The molecule has 2 saturated heterocycles. The molecule has 13 nitrogen and oxygen atoms in total. The Labute approximate surface area is 178 Å². The van der Waals surface area contributed by atoms with Gasteiger partial charge in [0.15, 0.2) is 18.9 Å². The Bertz CT molecular complexity index is 577. The molecular weight excluding hydrogens is 424 g/mol. The highest BCUT2D eigenvalue weighted by Gasteiger charge is 2.48. The molecule has 0 unspecified atom stereocenters. The van der Waals surface area contributed by atoms with Crippen molar-refractivity contribution in [3.05, 3.63) is 0 Å². The summed E-state index contributed by atoms with van der Waals surface area (Å²) in [5.41, 5.74) is 0. The zero-order valence-electron chi connectivity index (χ0n) is 17.3. The van der Waals surface area contributed by atoms with E-state index in [0.29, 0.717) is 0 Å². The maximum Gasteiger partial charge on any atom is 0.187 e. The highest BCUT2D eigenvalue weighted by Crippen LogP contribution is 2.28. The quantitative estimate of drug-likeness (QED) is 0.161. The predicted molar refractivity (Wildman–Crippen MR) is 98.2 cm³/mol. The fourth-order valence-corrected chi connectivity index (χ4v) is 3.46. The Balaban J connectivity index is 2.23. The van der Waals surface area contributed by atoms with Crippen LogP contribution in [0.4, 0.5) is 0 Å². The van der Waals surface area contributed by atoms with Crippen LogP contribution in [-0.4, -0.2) is 133 Å². The van der Waals surface area contributed by atoms with Crippen molar-refractivity contribution in [2.75, 3.05) is 0 Å². The summed E-state index contributed by atoms with van der Waals surface area (Å²) < 4.78 is 21.6. The molecule has 13 heteroatoms. The zero-order chi connectivity index (χ0) is 23.6. The molecule has 0 aromatic rings. The maximum atomic E-state index is 11.3. The summed E-state index contributed by atoms with van der Waals surface area (Å²) in [7, 11) is 0. The summed E-state index contributed by atoms with van der Waals surface area (Å²) in [6.07, 6.45) is -21.3. The van der Waals surface area contributed by atoms with Gasteiger partial charge in [-0.3, -0.25) is 0 Å². The minimum atomic E-state index is -1.91. The number of ether oxygens (including phenoxy) is 4. The molecule has 2 fully saturated rings. The van der Waals surface area contributed by atoms with Crippen LogP contribution in [0.1, 0.15) is 20.8 Å². The lowest BCUT2D eigenvalue weighted by atomic mass is 9.98. The molecule has 8 N–H and O–H groups in total. The number of aliphatic hydroxyl groups is 8. The molecule has 0 bridgehead atoms. The van der Waals surface area contributed by atoms with Crippen molar-refractivity contribution in [2.24, 2.45) is 0 Å². The maximum absolute atomic E-state index is 11.3. The zero-order valence-corrected chi connectivity index (χ0v) is 17.3. The summed E-state index contributed by atoms with van der Waals surface area (Å²) in [6, 6.07) is 0. The van der Waals surface area contributed by atoms with E-state index in [1.165, 1.54) is 20.8 Å². The van der Waals surface area contributed by atoms with Gasteiger partial charge in [-0.1, -0.05) is 0 Å². The normalized spacial score (nSPS) is 45.5. The molecule has 0 radical (unpaired) electrons. The molecule has 2 aliphatic rings. The number of rotatable bonds is 8. The van der Waals surface area contributed by atoms with Crippen LogP contribution in [0.3, 0.4) is 0 Å². The van der Waals surface area contributed by atoms with Crippen LogP contribution in [0.2, 0.25) is 0 Å². The molecule has 14 atom stereocenters. The van der Waals surface area contributed by atoms with Gasteiger partial charge in [-0.15, -0.1) is 0 Å². The standard InChI is InChI=1S/C18H32O13/c1-5(20)15(30-17-13(26)11(24)9(22)6(2)28-17)16(8(21)4-19)31-18-14(27)12(25)10(23)7(3)29-18/h4-18,20-27H,1-3H3/t5-,6-,7-,8-,9-,10-,11+,12+,13+,14+,15-,16-,17-,18-/m0/s1.